The van der Waals surface area contributed by atoms with E-state index in [9.17, 15) is 4.39 Å². The van der Waals surface area contributed by atoms with E-state index in [1.807, 2.05) is 0 Å². The fraction of sp³-hybridized carbons (Fsp3) is 0.682. The molecule has 0 aromatic carbocycles. The van der Waals surface area contributed by atoms with Gasteiger partial charge in [-0.2, -0.15) is 9.97 Å². The number of anilines is 1. The van der Waals surface area contributed by atoms with Crippen molar-refractivity contribution < 1.29 is 18.6 Å². The van der Waals surface area contributed by atoms with Crippen LogP contribution in [-0.2, 0) is 9.47 Å². The smallest absolute Gasteiger partial charge is 0.319 e. The topological polar surface area (TPSA) is 72.8 Å². The molecule has 4 heterocycles. The van der Waals surface area contributed by atoms with Crippen molar-refractivity contribution in [2.24, 2.45) is 5.41 Å². The highest BCUT2D eigenvalue weighted by atomic mass is 35.5. The molecule has 2 unspecified atom stereocenters. The summed E-state index contributed by atoms with van der Waals surface area (Å²) in [5, 5.41) is 0.365. The zero-order chi connectivity index (χ0) is 21.7. The van der Waals surface area contributed by atoms with Gasteiger partial charge in [-0.15, -0.1) is 0 Å². The van der Waals surface area contributed by atoms with Gasteiger partial charge in [-0.3, -0.25) is 4.90 Å². The van der Waals surface area contributed by atoms with Gasteiger partial charge in [0, 0.05) is 44.4 Å². The normalized spacial score (nSPS) is 27.1. The van der Waals surface area contributed by atoms with Gasteiger partial charge in [-0.25, -0.2) is 9.37 Å². The van der Waals surface area contributed by atoms with Crippen LogP contribution in [0, 0.1) is 11.2 Å². The lowest BCUT2D eigenvalue weighted by molar-refractivity contribution is 0.0231. The van der Waals surface area contributed by atoms with Crippen LogP contribution in [-0.4, -0.2) is 84.6 Å². The van der Waals surface area contributed by atoms with Crippen LogP contribution in [0.4, 0.5) is 10.2 Å². The Morgan fingerprint density at radius 2 is 2.03 bits per heavy atom. The first kappa shape index (κ1) is 20.8. The van der Waals surface area contributed by atoms with E-state index in [0.717, 1.165) is 71.7 Å². The minimum absolute atomic E-state index is 0.113. The zero-order valence-electron chi connectivity index (χ0n) is 17.9. The predicted molar refractivity (Wildman–Crippen MR) is 117 cm³/mol. The third-order valence-corrected chi connectivity index (χ3v) is 7.24. The first-order chi connectivity index (χ1) is 15.6. The lowest BCUT2D eigenvalue weighted by atomic mass is 10.1. The molecule has 2 aromatic heterocycles. The summed E-state index contributed by atoms with van der Waals surface area (Å²) in [6.07, 6.45) is 5.84. The standard InChI is InChI=1S/C22H27ClFN5O3/c23-19-17(24)18-14(11-25-19)20(29-4-1-7-31-16-10-15(16)29)27-21(26-18)32-13-22(2-3-22)12-28-5-8-30-9-6-28/h11,15-16H,1-10,12-13H2. The molecule has 10 heteroatoms. The lowest BCUT2D eigenvalue weighted by Gasteiger charge is -2.30. The summed E-state index contributed by atoms with van der Waals surface area (Å²) in [6.45, 7) is 6.49. The predicted octanol–water partition coefficient (Wildman–Crippen LogP) is 2.68. The van der Waals surface area contributed by atoms with Gasteiger partial charge < -0.3 is 19.1 Å². The number of hydrogen-bond acceptors (Lipinski definition) is 8. The van der Waals surface area contributed by atoms with Crippen molar-refractivity contribution in [3.8, 4) is 6.01 Å². The summed E-state index contributed by atoms with van der Waals surface area (Å²) in [7, 11) is 0. The third-order valence-electron chi connectivity index (χ3n) is 6.98. The van der Waals surface area contributed by atoms with Crippen molar-refractivity contribution in [3.63, 3.8) is 0 Å². The summed E-state index contributed by atoms with van der Waals surface area (Å²) in [6, 6.07) is 0.447. The highest BCUT2D eigenvalue weighted by molar-refractivity contribution is 6.30. The quantitative estimate of drug-likeness (QED) is 0.605. The van der Waals surface area contributed by atoms with Crippen molar-refractivity contribution >= 4 is 28.3 Å². The maximum absolute atomic E-state index is 14.9. The number of aromatic nitrogens is 3. The molecule has 0 spiro atoms. The van der Waals surface area contributed by atoms with Gasteiger partial charge in [0.25, 0.3) is 0 Å². The molecule has 0 N–H and O–H groups in total. The number of hydrogen-bond donors (Lipinski definition) is 0. The van der Waals surface area contributed by atoms with Crippen LogP contribution in [0.3, 0.4) is 0 Å². The summed E-state index contributed by atoms with van der Waals surface area (Å²) in [4.78, 5) is 17.8. The molecular weight excluding hydrogens is 437 g/mol. The molecule has 2 aliphatic carbocycles. The third kappa shape index (κ3) is 4.00. The van der Waals surface area contributed by atoms with E-state index in [0.29, 0.717) is 17.8 Å². The molecular formula is C22H27ClFN5O3. The van der Waals surface area contributed by atoms with Crippen molar-refractivity contribution in [1.29, 1.82) is 0 Å². The average molecular weight is 464 g/mol. The molecule has 2 atom stereocenters. The van der Waals surface area contributed by atoms with Gasteiger partial charge in [-0.1, -0.05) is 11.6 Å². The van der Waals surface area contributed by atoms with E-state index in [4.69, 9.17) is 30.8 Å². The summed E-state index contributed by atoms with van der Waals surface area (Å²) < 4.78 is 32.3. The Labute approximate surface area is 191 Å². The SMILES string of the molecule is Fc1c(Cl)ncc2c(N3CCCOC4CC43)nc(OCC3(CN4CCOCC4)CC3)nc12. The number of rotatable bonds is 6. The van der Waals surface area contributed by atoms with Crippen molar-refractivity contribution in [1.82, 2.24) is 19.9 Å². The number of halogens is 2. The van der Waals surface area contributed by atoms with E-state index < -0.39 is 5.82 Å². The molecule has 0 radical (unpaired) electrons. The number of ether oxygens (including phenoxy) is 3. The van der Waals surface area contributed by atoms with E-state index in [2.05, 4.69) is 19.8 Å². The van der Waals surface area contributed by atoms with Gasteiger partial charge in [0.05, 0.1) is 37.4 Å². The Kier molecular flexibility index (Phi) is 5.32. The zero-order valence-corrected chi connectivity index (χ0v) is 18.7. The van der Waals surface area contributed by atoms with Crippen LogP contribution >= 0.6 is 11.6 Å². The van der Waals surface area contributed by atoms with E-state index >= 15 is 0 Å². The van der Waals surface area contributed by atoms with Crippen LogP contribution in [0.5, 0.6) is 6.01 Å². The monoisotopic (exact) mass is 463 g/mol. The van der Waals surface area contributed by atoms with E-state index in [1.54, 1.807) is 6.20 Å². The molecule has 0 bridgehead atoms. The lowest BCUT2D eigenvalue weighted by Crippen LogP contribution is -2.41. The fourth-order valence-corrected chi connectivity index (χ4v) is 4.96. The molecule has 4 fully saturated rings. The second-order valence-electron chi connectivity index (χ2n) is 9.39. The molecule has 2 aliphatic heterocycles. The molecule has 8 nitrogen and oxygen atoms in total. The number of nitrogens with zero attached hydrogens (tertiary/aromatic N) is 5. The van der Waals surface area contributed by atoms with Crippen LogP contribution in [0.15, 0.2) is 6.20 Å². The number of morpholine rings is 1. The van der Waals surface area contributed by atoms with Crippen LogP contribution in [0.2, 0.25) is 5.15 Å². The Morgan fingerprint density at radius 3 is 2.84 bits per heavy atom. The minimum Gasteiger partial charge on any atom is -0.463 e. The molecule has 0 amide bonds. The van der Waals surface area contributed by atoms with Gasteiger partial charge in [0.1, 0.15) is 11.3 Å². The van der Waals surface area contributed by atoms with E-state index in [-0.39, 0.29) is 34.2 Å². The Bertz CT molecular complexity index is 1020. The van der Waals surface area contributed by atoms with Crippen molar-refractivity contribution in [3.05, 3.63) is 17.2 Å². The summed E-state index contributed by atoms with van der Waals surface area (Å²) in [5.41, 5.74) is 0.271. The molecule has 32 heavy (non-hydrogen) atoms. The van der Waals surface area contributed by atoms with Crippen molar-refractivity contribution in [2.75, 3.05) is 57.5 Å². The van der Waals surface area contributed by atoms with Gasteiger partial charge in [0.15, 0.2) is 11.0 Å². The van der Waals surface area contributed by atoms with Gasteiger partial charge >= 0.3 is 6.01 Å². The summed E-state index contributed by atoms with van der Waals surface area (Å²) in [5.74, 6) is 0.0228. The minimum atomic E-state index is -0.634. The van der Waals surface area contributed by atoms with Crippen LogP contribution in [0.25, 0.3) is 10.9 Å². The maximum Gasteiger partial charge on any atom is 0.319 e. The molecule has 4 aliphatic rings. The van der Waals surface area contributed by atoms with Crippen LogP contribution in [0.1, 0.15) is 25.7 Å². The van der Waals surface area contributed by atoms with Gasteiger partial charge in [0.2, 0.25) is 0 Å². The Balaban J connectivity index is 1.28. The number of pyridine rings is 1. The van der Waals surface area contributed by atoms with Gasteiger partial charge in [-0.05, 0) is 25.7 Å². The average Bonchev–Trinajstić information content (AvgIpc) is 3.71. The fourth-order valence-electron chi connectivity index (χ4n) is 4.82. The first-order valence-electron chi connectivity index (χ1n) is 11.4. The largest absolute Gasteiger partial charge is 0.463 e. The highest BCUT2D eigenvalue weighted by Gasteiger charge is 2.47. The van der Waals surface area contributed by atoms with E-state index in [1.165, 1.54) is 0 Å². The first-order valence-corrected chi connectivity index (χ1v) is 11.8. The number of fused-ring (bicyclic) bond motifs is 2. The van der Waals surface area contributed by atoms with Crippen molar-refractivity contribution in [2.45, 2.75) is 37.8 Å². The summed E-state index contributed by atoms with van der Waals surface area (Å²) >= 11 is 5.97. The Hall–Kier alpha value is -1.81. The second kappa shape index (κ2) is 8.20. The Morgan fingerprint density at radius 1 is 1.19 bits per heavy atom. The molecule has 2 saturated carbocycles. The highest BCUT2D eigenvalue weighted by Crippen LogP contribution is 2.47. The maximum atomic E-state index is 14.9. The molecule has 2 saturated heterocycles. The molecule has 172 valence electrons. The molecule has 2 aromatic rings. The van der Waals surface area contributed by atoms with Crippen LogP contribution < -0.4 is 9.64 Å². The second-order valence-corrected chi connectivity index (χ2v) is 9.75. The molecule has 6 rings (SSSR count).